The summed E-state index contributed by atoms with van der Waals surface area (Å²) in [4.78, 5) is 0. The van der Waals surface area contributed by atoms with Crippen LogP contribution in [0.1, 0.15) is 13.3 Å². The van der Waals surface area contributed by atoms with Crippen molar-refractivity contribution in [1.82, 2.24) is 0 Å². The van der Waals surface area contributed by atoms with E-state index in [1.807, 2.05) is 0 Å². The molecule has 50 valence electrons. The van der Waals surface area contributed by atoms with Crippen molar-refractivity contribution < 1.29 is 0 Å². The third-order valence-corrected chi connectivity index (χ3v) is 1.95. The molecule has 0 aromatic heterocycles. The fourth-order valence-electron chi connectivity index (χ4n) is 1.41. The number of rotatable bonds is 0. The second kappa shape index (κ2) is 2.00. The fourth-order valence-corrected chi connectivity index (χ4v) is 1.41. The molecule has 2 aliphatic rings. The second-order valence-electron chi connectivity index (χ2n) is 2.95. The maximum atomic E-state index is 3.25. The Hall–Kier alpha value is -1.00. The minimum absolute atomic E-state index is 0.628. The Morgan fingerprint density at radius 3 is 3.40 bits per heavy atom. The van der Waals surface area contributed by atoms with Gasteiger partial charge in [-0.2, -0.15) is 0 Å². The number of fused-ring (bicyclic) bond motifs is 2. The molecule has 0 amide bonds. The van der Waals surface area contributed by atoms with Crippen LogP contribution in [0.2, 0.25) is 0 Å². The maximum Gasteiger partial charge on any atom is 0.00722 e. The molecular formula is C10H10. The van der Waals surface area contributed by atoms with Gasteiger partial charge in [0.1, 0.15) is 0 Å². The first kappa shape index (κ1) is 5.76. The van der Waals surface area contributed by atoms with Crippen LogP contribution >= 0.6 is 0 Å². The van der Waals surface area contributed by atoms with Gasteiger partial charge in [0.2, 0.25) is 0 Å². The van der Waals surface area contributed by atoms with Gasteiger partial charge in [0.15, 0.2) is 0 Å². The molecule has 1 unspecified atom stereocenters. The summed E-state index contributed by atoms with van der Waals surface area (Å²) in [5.74, 6) is 0.628. The van der Waals surface area contributed by atoms with Gasteiger partial charge < -0.3 is 0 Å². The van der Waals surface area contributed by atoms with E-state index in [0.717, 1.165) is 6.42 Å². The summed E-state index contributed by atoms with van der Waals surface area (Å²) < 4.78 is 0. The fraction of sp³-hybridized carbons (Fsp3) is 0.300. The Labute approximate surface area is 61.3 Å². The molecule has 0 nitrogen and oxygen atoms in total. The minimum Gasteiger partial charge on any atom is -0.121 e. The van der Waals surface area contributed by atoms with Crippen molar-refractivity contribution in [3.63, 3.8) is 0 Å². The molecule has 0 saturated carbocycles. The van der Waals surface area contributed by atoms with Gasteiger partial charge in [-0.3, -0.25) is 0 Å². The standard InChI is InChI=1S/C10H10/c1-8-2-3-9-4-5-10(6-8)7-9/h2-4,6,9H,7H2,1H3. The third-order valence-electron chi connectivity index (χ3n) is 1.95. The SMILES string of the molecule is CC1=CC2=C=CC(C=C1)C2. The van der Waals surface area contributed by atoms with Crippen molar-refractivity contribution in [3.05, 3.63) is 41.2 Å². The first-order chi connectivity index (χ1) is 4.84. The molecular weight excluding hydrogens is 120 g/mol. The van der Waals surface area contributed by atoms with Crippen molar-refractivity contribution in [2.75, 3.05) is 0 Å². The van der Waals surface area contributed by atoms with Gasteiger partial charge in [0.25, 0.3) is 0 Å². The first-order valence-electron chi connectivity index (χ1n) is 3.67. The van der Waals surface area contributed by atoms with Gasteiger partial charge in [-0.25, -0.2) is 0 Å². The summed E-state index contributed by atoms with van der Waals surface area (Å²) in [5.41, 5.74) is 5.95. The van der Waals surface area contributed by atoms with E-state index in [9.17, 15) is 0 Å². The summed E-state index contributed by atoms with van der Waals surface area (Å²) in [6.07, 6.45) is 9.95. The van der Waals surface area contributed by atoms with Crippen LogP contribution in [0.25, 0.3) is 0 Å². The highest BCUT2D eigenvalue weighted by atomic mass is 14.1. The molecule has 2 aliphatic carbocycles. The van der Waals surface area contributed by atoms with E-state index in [1.54, 1.807) is 0 Å². The van der Waals surface area contributed by atoms with E-state index >= 15 is 0 Å². The van der Waals surface area contributed by atoms with Crippen LogP contribution in [-0.4, -0.2) is 0 Å². The normalized spacial score (nSPS) is 27.9. The molecule has 10 heavy (non-hydrogen) atoms. The van der Waals surface area contributed by atoms with Gasteiger partial charge in [0.05, 0.1) is 0 Å². The third kappa shape index (κ3) is 0.872. The van der Waals surface area contributed by atoms with E-state index < -0.39 is 0 Å². The molecule has 0 aromatic carbocycles. The Balaban J connectivity index is 2.45. The smallest absolute Gasteiger partial charge is 0.00722 e. The molecule has 2 bridgehead atoms. The van der Waals surface area contributed by atoms with Crippen molar-refractivity contribution >= 4 is 0 Å². The monoisotopic (exact) mass is 130 g/mol. The largest absolute Gasteiger partial charge is 0.121 e. The highest BCUT2D eigenvalue weighted by Gasteiger charge is 2.10. The first-order valence-corrected chi connectivity index (χ1v) is 3.67. The molecule has 0 saturated heterocycles. The number of hydrogen-bond acceptors (Lipinski definition) is 0. The van der Waals surface area contributed by atoms with E-state index in [4.69, 9.17) is 0 Å². The van der Waals surface area contributed by atoms with Crippen LogP contribution in [-0.2, 0) is 0 Å². The van der Waals surface area contributed by atoms with Crippen LogP contribution in [0.15, 0.2) is 41.2 Å². The highest BCUT2D eigenvalue weighted by Crippen LogP contribution is 2.25. The Bertz CT molecular complexity index is 270. The molecule has 0 aliphatic heterocycles. The average molecular weight is 130 g/mol. The molecule has 1 atom stereocenters. The van der Waals surface area contributed by atoms with Gasteiger partial charge in [-0.05, 0) is 31.1 Å². The van der Waals surface area contributed by atoms with Crippen LogP contribution < -0.4 is 0 Å². The highest BCUT2D eigenvalue weighted by molar-refractivity contribution is 5.36. The lowest BCUT2D eigenvalue weighted by molar-refractivity contribution is 0.842. The van der Waals surface area contributed by atoms with E-state index in [1.165, 1.54) is 11.1 Å². The molecule has 0 aromatic rings. The molecule has 0 N–H and O–H groups in total. The lowest BCUT2D eigenvalue weighted by Gasteiger charge is -1.95. The summed E-state index contributed by atoms with van der Waals surface area (Å²) in [5, 5.41) is 0. The molecule has 0 heterocycles. The number of allylic oxidation sites excluding steroid dienone is 5. The second-order valence-corrected chi connectivity index (χ2v) is 2.95. The quantitative estimate of drug-likeness (QED) is 0.442. The van der Waals surface area contributed by atoms with Gasteiger partial charge in [-0.15, -0.1) is 5.73 Å². The van der Waals surface area contributed by atoms with Crippen molar-refractivity contribution in [1.29, 1.82) is 0 Å². The Morgan fingerprint density at radius 1 is 1.60 bits per heavy atom. The number of hydrogen-bond donors (Lipinski definition) is 0. The van der Waals surface area contributed by atoms with Gasteiger partial charge in [-0.1, -0.05) is 17.7 Å². The van der Waals surface area contributed by atoms with Crippen LogP contribution in [0.5, 0.6) is 0 Å². The maximum absolute atomic E-state index is 3.25. The zero-order valence-electron chi connectivity index (χ0n) is 6.09. The topological polar surface area (TPSA) is 0 Å². The van der Waals surface area contributed by atoms with Crippen LogP contribution in [0, 0.1) is 5.92 Å². The summed E-state index contributed by atoms with van der Waals surface area (Å²) >= 11 is 0. The molecule has 0 radical (unpaired) electrons. The van der Waals surface area contributed by atoms with Crippen molar-refractivity contribution in [3.8, 4) is 0 Å². The average Bonchev–Trinajstić information content (AvgIpc) is 2.22. The van der Waals surface area contributed by atoms with E-state index in [-0.39, 0.29) is 0 Å². The molecule has 0 heteroatoms. The summed E-state index contributed by atoms with van der Waals surface area (Å²) in [7, 11) is 0. The lowest BCUT2D eigenvalue weighted by Crippen LogP contribution is -1.84. The molecule has 2 rings (SSSR count). The Morgan fingerprint density at radius 2 is 2.50 bits per heavy atom. The van der Waals surface area contributed by atoms with Gasteiger partial charge in [0, 0.05) is 5.92 Å². The van der Waals surface area contributed by atoms with Crippen LogP contribution in [0.4, 0.5) is 0 Å². The predicted molar refractivity (Wildman–Crippen MR) is 42.6 cm³/mol. The predicted octanol–water partition coefficient (Wildman–Crippen LogP) is 2.60. The van der Waals surface area contributed by atoms with Crippen molar-refractivity contribution in [2.24, 2.45) is 5.92 Å². The summed E-state index contributed by atoms with van der Waals surface area (Å²) in [6, 6.07) is 0. The summed E-state index contributed by atoms with van der Waals surface area (Å²) in [6.45, 7) is 2.13. The minimum atomic E-state index is 0.628. The van der Waals surface area contributed by atoms with E-state index in [2.05, 4.69) is 37.0 Å². The van der Waals surface area contributed by atoms with Gasteiger partial charge >= 0.3 is 0 Å². The zero-order chi connectivity index (χ0) is 6.97. The molecule has 0 fully saturated rings. The Kier molecular flexibility index (Phi) is 1.15. The van der Waals surface area contributed by atoms with Crippen LogP contribution in [0.3, 0.4) is 0 Å². The van der Waals surface area contributed by atoms with Crippen molar-refractivity contribution in [2.45, 2.75) is 13.3 Å². The zero-order valence-corrected chi connectivity index (χ0v) is 6.09. The molecule has 0 spiro atoms. The lowest BCUT2D eigenvalue weighted by atomic mass is 10.1. The van der Waals surface area contributed by atoms with E-state index in [0.29, 0.717) is 5.92 Å².